The van der Waals surface area contributed by atoms with Gasteiger partial charge in [-0.1, -0.05) is 23.7 Å². The number of aromatic nitrogens is 1. The van der Waals surface area contributed by atoms with Crippen molar-refractivity contribution in [3.63, 3.8) is 0 Å². The zero-order valence-electron chi connectivity index (χ0n) is 19.5. The molecule has 0 saturated carbocycles. The molecule has 3 rings (SSSR count). The zero-order chi connectivity index (χ0) is 26.5. The van der Waals surface area contributed by atoms with E-state index in [1.54, 1.807) is 12.1 Å². The summed E-state index contributed by atoms with van der Waals surface area (Å²) in [7, 11) is 1.53. The van der Waals surface area contributed by atoms with Crippen molar-refractivity contribution < 1.29 is 27.8 Å². The standard InChI is InChI=1S/C26H23ClF3N3O3/c1-15-5-3-7-23(36-2)20(15)13-33-25(35)18-11-19(22(27)9-16(18)6-4-8-34)21-14-32-24(26(28,29)30)10-17(21)12-31/h3,5,7,9-11,14,34H,4,6,8,13H2,1-2H3,(H,33,35). The van der Waals surface area contributed by atoms with Gasteiger partial charge in [-0.25, -0.2) is 0 Å². The lowest BCUT2D eigenvalue weighted by molar-refractivity contribution is -0.141. The third-order valence-electron chi connectivity index (χ3n) is 5.66. The molecule has 0 bridgehead atoms. The molecule has 1 heterocycles. The molecule has 0 spiro atoms. The van der Waals surface area contributed by atoms with Crippen LogP contribution in [-0.2, 0) is 19.1 Å². The molecule has 0 atom stereocenters. The molecule has 3 aromatic rings. The topological polar surface area (TPSA) is 95.2 Å². The largest absolute Gasteiger partial charge is 0.496 e. The van der Waals surface area contributed by atoms with Gasteiger partial charge in [-0.2, -0.15) is 18.4 Å². The highest BCUT2D eigenvalue weighted by Crippen LogP contribution is 2.36. The number of hydrogen-bond donors (Lipinski definition) is 2. The van der Waals surface area contributed by atoms with E-state index in [9.17, 15) is 28.3 Å². The number of methoxy groups -OCH3 is 1. The maximum atomic E-state index is 13.3. The highest BCUT2D eigenvalue weighted by molar-refractivity contribution is 6.33. The van der Waals surface area contributed by atoms with E-state index < -0.39 is 17.8 Å². The fourth-order valence-corrected chi connectivity index (χ4v) is 4.07. The highest BCUT2D eigenvalue weighted by Gasteiger charge is 2.33. The number of alkyl halides is 3. The fourth-order valence-electron chi connectivity index (χ4n) is 3.78. The van der Waals surface area contributed by atoms with Gasteiger partial charge in [-0.05, 0) is 55.2 Å². The number of carbonyl (C=O) groups excluding carboxylic acids is 1. The summed E-state index contributed by atoms with van der Waals surface area (Å²) in [5.74, 6) is 0.159. The van der Waals surface area contributed by atoms with Gasteiger partial charge < -0.3 is 15.2 Å². The second-order valence-corrected chi connectivity index (χ2v) is 8.39. The van der Waals surface area contributed by atoms with E-state index in [0.29, 0.717) is 30.2 Å². The van der Waals surface area contributed by atoms with Gasteiger partial charge in [0.05, 0.1) is 18.7 Å². The maximum Gasteiger partial charge on any atom is 0.433 e. The molecular weight excluding hydrogens is 495 g/mol. The Balaban J connectivity index is 2.04. The van der Waals surface area contributed by atoms with Crippen LogP contribution in [0.4, 0.5) is 13.2 Å². The molecule has 0 radical (unpaired) electrons. The van der Waals surface area contributed by atoms with Gasteiger partial charge in [0.2, 0.25) is 0 Å². The Labute approximate surface area is 211 Å². The summed E-state index contributed by atoms with van der Waals surface area (Å²) in [6, 6.07) is 10.9. The molecule has 6 nitrogen and oxygen atoms in total. The Morgan fingerprint density at radius 1 is 1.25 bits per heavy atom. The predicted molar refractivity (Wildman–Crippen MR) is 129 cm³/mol. The van der Waals surface area contributed by atoms with Crippen LogP contribution in [0.15, 0.2) is 42.6 Å². The van der Waals surface area contributed by atoms with E-state index >= 15 is 0 Å². The molecule has 0 aliphatic rings. The first kappa shape index (κ1) is 27.0. The summed E-state index contributed by atoms with van der Waals surface area (Å²) in [5.41, 5.74) is 1.26. The molecule has 0 unspecified atom stereocenters. The molecule has 0 fully saturated rings. The number of ether oxygens (including phenoxy) is 1. The molecular formula is C26H23ClF3N3O3. The Hall–Kier alpha value is -3.61. The molecule has 2 aromatic carbocycles. The van der Waals surface area contributed by atoms with Crippen LogP contribution in [-0.4, -0.2) is 29.7 Å². The third-order valence-corrected chi connectivity index (χ3v) is 5.97. The number of rotatable bonds is 8. The Kier molecular flexibility index (Phi) is 8.56. The first-order valence-corrected chi connectivity index (χ1v) is 11.3. The molecule has 0 aliphatic carbocycles. The number of hydrogen-bond acceptors (Lipinski definition) is 5. The van der Waals surface area contributed by atoms with Crippen LogP contribution >= 0.6 is 11.6 Å². The zero-order valence-corrected chi connectivity index (χ0v) is 20.3. The molecule has 2 N–H and O–H groups in total. The van der Waals surface area contributed by atoms with Crippen LogP contribution in [0.25, 0.3) is 11.1 Å². The van der Waals surface area contributed by atoms with Gasteiger partial charge in [-0.3, -0.25) is 9.78 Å². The lowest BCUT2D eigenvalue weighted by atomic mass is 9.94. The van der Waals surface area contributed by atoms with Crippen molar-refractivity contribution in [3.05, 3.63) is 81.1 Å². The van der Waals surface area contributed by atoms with Crippen molar-refractivity contribution in [2.45, 2.75) is 32.5 Å². The Bertz CT molecular complexity index is 1320. The Morgan fingerprint density at radius 2 is 2.00 bits per heavy atom. The summed E-state index contributed by atoms with van der Waals surface area (Å²) in [6.45, 7) is 1.94. The third kappa shape index (κ3) is 5.96. The molecule has 10 heteroatoms. The van der Waals surface area contributed by atoms with Crippen LogP contribution in [0.5, 0.6) is 5.75 Å². The summed E-state index contributed by atoms with van der Waals surface area (Å²) in [5, 5.41) is 21.8. The number of pyridine rings is 1. The number of aryl methyl sites for hydroxylation is 2. The van der Waals surface area contributed by atoms with Crippen LogP contribution in [0.3, 0.4) is 0 Å². The monoisotopic (exact) mass is 517 g/mol. The van der Waals surface area contributed by atoms with Crippen molar-refractivity contribution in [2.75, 3.05) is 13.7 Å². The van der Waals surface area contributed by atoms with Crippen molar-refractivity contribution in [1.82, 2.24) is 10.3 Å². The van der Waals surface area contributed by atoms with Crippen molar-refractivity contribution >= 4 is 17.5 Å². The van der Waals surface area contributed by atoms with E-state index in [1.165, 1.54) is 19.2 Å². The van der Waals surface area contributed by atoms with Gasteiger partial charge in [0.1, 0.15) is 11.4 Å². The van der Waals surface area contributed by atoms with Gasteiger partial charge in [0.15, 0.2) is 0 Å². The van der Waals surface area contributed by atoms with E-state index in [0.717, 1.165) is 17.3 Å². The number of benzene rings is 2. The second-order valence-electron chi connectivity index (χ2n) is 7.98. The first-order chi connectivity index (χ1) is 17.1. The van der Waals surface area contributed by atoms with E-state index in [1.807, 2.05) is 19.1 Å². The minimum atomic E-state index is -4.72. The van der Waals surface area contributed by atoms with Gasteiger partial charge in [-0.15, -0.1) is 0 Å². The number of carbonyl (C=O) groups is 1. The van der Waals surface area contributed by atoms with Gasteiger partial charge in [0.25, 0.3) is 5.91 Å². The Morgan fingerprint density at radius 3 is 2.64 bits per heavy atom. The van der Waals surface area contributed by atoms with Crippen LogP contribution in [0.2, 0.25) is 5.02 Å². The molecule has 36 heavy (non-hydrogen) atoms. The van der Waals surface area contributed by atoms with E-state index in [2.05, 4.69) is 10.3 Å². The number of aliphatic hydroxyl groups excluding tert-OH is 1. The predicted octanol–water partition coefficient (Wildman–Crippen LogP) is 5.46. The van der Waals surface area contributed by atoms with Crippen molar-refractivity contribution in [1.29, 1.82) is 5.26 Å². The van der Waals surface area contributed by atoms with Crippen LogP contribution in [0, 0.1) is 18.3 Å². The first-order valence-electron chi connectivity index (χ1n) is 10.9. The lowest BCUT2D eigenvalue weighted by Gasteiger charge is -2.16. The minimum Gasteiger partial charge on any atom is -0.496 e. The molecule has 188 valence electrons. The SMILES string of the molecule is COc1cccc(C)c1CNC(=O)c1cc(-c2cnc(C(F)(F)F)cc2C#N)c(Cl)cc1CCCO. The molecule has 0 saturated heterocycles. The molecule has 1 amide bonds. The van der Waals surface area contributed by atoms with Crippen LogP contribution < -0.4 is 10.1 Å². The summed E-state index contributed by atoms with van der Waals surface area (Å²) >= 11 is 6.44. The quantitative estimate of drug-likeness (QED) is 0.413. The summed E-state index contributed by atoms with van der Waals surface area (Å²) in [4.78, 5) is 16.7. The number of halogens is 4. The lowest BCUT2D eigenvalue weighted by Crippen LogP contribution is -2.25. The average Bonchev–Trinajstić information content (AvgIpc) is 2.85. The maximum absolute atomic E-state index is 13.3. The highest BCUT2D eigenvalue weighted by atomic mass is 35.5. The minimum absolute atomic E-state index is 0.0684. The van der Waals surface area contributed by atoms with Gasteiger partial charge in [0, 0.05) is 46.6 Å². The van der Waals surface area contributed by atoms with E-state index in [4.69, 9.17) is 16.3 Å². The number of nitrogens with one attached hydrogen (secondary N) is 1. The molecule has 1 aromatic heterocycles. The van der Waals surface area contributed by atoms with Crippen molar-refractivity contribution in [3.8, 4) is 22.9 Å². The summed E-state index contributed by atoms with van der Waals surface area (Å²) < 4.78 is 44.6. The average molecular weight is 518 g/mol. The van der Waals surface area contributed by atoms with Crippen LogP contribution in [0.1, 0.15) is 44.7 Å². The normalized spacial score (nSPS) is 11.2. The fraction of sp³-hybridized carbons (Fsp3) is 0.269. The summed E-state index contributed by atoms with van der Waals surface area (Å²) in [6.07, 6.45) is -3.09. The smallest absolute Gasteiger partial charge is 0.433 e. The van der Waals surface area contributed by atoms with E-state index in [-0.39, 0.29) is 40.4 Å². The van der Waals surface area contributed by atoms with Gasteiger partial charge >= 0.3 is 6.18 Å². The number of amides is 1. The number of nitrogens with zero attached hydrogens (tertiary/aromatic N) is 2. The second kappa shape index (κ2) is 11.4. The number of aliphatic hydroxyl groups is 1. The molecule has 0 aliphatic heterocycles. The number of nitriles is 1. The van der Waals surface area contributed by atoms with Crippen molar-refractivity contribution in [2.24, 2.45) is 0 Å².